The maximum absolute atomic E-state index is 13.2. The van der Waals surface area contributed by atoms with E-state index in [4.69, 9.17) is 0 Å². The summed E-state index contributed by atoms with van der Waals surface area (Å²) >= 11 is 0. The number of H-pyrrole nitrogens is 1. The number of aromatic amines is 1. The van der Waals surface area contributed by atoms with E-state index in [1.165, 1.54) is 5.69 Å². The number of anilines is 2. The van der Waals surface area contributed by atoms with Crippen molar-refractivity contribution in [2.75, 3.05) is 23.3 Å². The molecule has 0 unspecified atom stereocenters. The van der Waals surface area contributed by atoms with Crippen molar-refractivity contribution in [1.29, 1.82) is 0 Å². The van der Waals surface area contributed by atoms with Crippen molar-refractivity contribution in [3.8, 4) is 0 Å². The fourth-order valence-electron chi connectivity index (χ4n) is 4.03. The number of nitrogens with zero attached hydrogens (tertiary/aromatic N) is 1. The van der Waals surface area contributed by atoms with E-state index in [-0.39, 0.29) is 5.91 Å². The van der Waals surface area contributed by atoms with Crippen molar-refractivity contribution >= 4 is 28.2 Å². The Balaban J connectivity index is 1.59. The molecule has 4 rings (SSSR count). The van der Waals surface area contributed by atoms with Crippen LogP contribution in [-0.2, 0) is 10.2 Å². The Morgan fingerprint density at radius 1 is 1.15 bits per heavy atom. The molecule has 0 radical (unpaired) electrons. The van der Waals surface area contributed by atoms with Gasteiger partial charge < -0.3 is 15.2 Å². The van der Waals surface area contributed by atoms with Crippen LogP contribution in [0.25, 0.3) is 10.9 Å². The number of para-hydroxylation sites is 1. The molecule has 1 aliphatic rings. The lowest BCUT2D eigenvalue weighted by Gasteiger charge is -2.23. The maximum Gasteiger partial charge on any atom is 0.235 e. The van der Waals surface area contributed by atoms with E-state index in [1.54, 1.807) is 0 Å². The van der Waals surface area contributed by atoms with Crippen LogP contribution in [0.4, 0.5) is 11.4 Å². The zero-order chi connectivity index (χ0) is 19.0. The van der Waals surface area contributed by atoms with Crippen molar-refractivity contribution in [3.63, 3.8) is 0 Å². The van der Waals surface area contributed by atoms with E-state index < -0.39 is 5.41 Å². The van der Waals surface area contributed by atoms with Gasteiger partial charge in [-0.05, 0) is 69.0 Å². The highest BCUT2D eigenvalue weighted by Crippen LogP contribution is 2.51. The van der Waals surface area contributed by atoms with Gasteiger partial charge in [0.2, 0.25) is 5.91 Å². The summed E-state index contributed by atoms with van der Waals surface area (Å²) in [7, 11) is 0. The fourth-order valence-corrected chi connectivity index (χ4v) is 4.03. The Morgan fingerprint density at radius 3 is 2.56 bits per heavy atom. The molecule has 1 heterocycles. The summed E-state index contributed by atoms with van der Waals surface area (Å²) in [6.45, 7) is 8.34. The van der Waals surface area contributed by atoms with Gasteiger partial charge in [0, 0.05) is 41.6 Å². The van der Waals surface area contributed by atoms with Gasteiger partial charge in [0.25, 0.3) is 0 Å². The van der Waals surface area contributed by atoms with Crippen LogP contribution in [0, 0.1) is 6.92 Å². The lowest BCUT2D eigenvalue weighted by Crippen LogP contribution is -2.28. The monoisotopic (exact) mass is 361 g/mol. The van der Waals surface area contributed by atoms with Crippen LogP contribution in [0.5, 0.6) is 0 Å². The van der Waals surface area contributed by atoms with Gasteiger partial charge >= 0.3 is 0 Å². The zero-order valence-electron chi connectivity index (χ0n) is 16.3. The molecule has 4 heteroatoms. The standard InChI is InChI=1S/C23H27N3O/c1-4-26(5-2)17-10-11-20(16(3)14-17)25-22(27)23(12-13-23)19-15-24-21-9-7-6-8-18(19)21/h6-11,14-15,24H,4-5,12-13H2,1-3H3,(H,25,27). The zero-order valence-corrected chi connectivity index (χ0v) is 16.3. The first-order valence-corrected chi connectivity index (χ1v) is 9.82. The Morgan fingerprint density at radius 2 is 1.89 bits per heavy atom. The summed E-state index contributed by atoms with van der Waals surface area (Å²) in [5, 5.41) is 4.35. The fraction of sp³-hybridized carbons (Fsp3) is 0.348. The van der Waals surface area contributed by atoms with Gasteiger partial charge in [-0.2, -0.15) is 0 Å². The molecule has 0 saturated heterocycles. The van der Waals surface area contributed by atoms with E-state index in [2.05, 4.69) is 60.2 Å². The van der Waals surface area contributed by atoms with Crippen molar-refractivity contribution in [1.82, 2.24) is 4.98 Å². The first kappa shape index (κ1) is 17.7. The van der Waals surface area contributed by atoms with Crippen LogP contribution in [0.1, 0.15) is 37.8 Å². The highest BCUT2D eigenvalue weighted by molar-refractivity contribution is 6.05. The molecule has 2 N–H and O–H groups in total. The maximum atomic E-state index is 13.2. The molecule has 140 valence electrons. The van der Waals surface area contributed by atoms with E-state index in [9.17, 15) is 4.79 Å². The summed E-state index contributed by atoms with van der Waals surface area (Å²) < 4.78 is 0. The SMILES string of the molecule is CCN(CC)c1ccc(NC(=O)C2(c3c[nH]c4ccccc34)CC2)c(C)c1. The highest BCUT2D eigenvalue weighted by atomic mass is 16.2. The number of amides is 1. The van der Waals surface area contributed by atoms with Gasteiger partial charge in [-0.1, -0.05) is 18.2 Å². The summed E-state index contributed by atoms with van der Waals surface area (Å²) in [6.07, 6.45) is 3.81. The molecule has 1 aliphatic carbocycles. The van der Waals surface area contributed by atoms with E-state index >= 15 is 0 Å². The second kappa shape index (κ2) is 6.76. The van der Waals surface area contributed by atoms with Gasteiger partial charge in [-0.15, -0.1) is 0 Å². The number of benzene rings is 2. The first-order valence-electron chi connectivity index (χ1n) is 9.82. The van der Waals surface area contributed by atoms with Gasteiger partial charge in [0.05, 0.1) is 5.41 Å². The van der Waals surface area contributed by atoms with Crippen LogP contribution in [-0.4, -0.2) is 24.0 Å². The van der Waals surface area contributed by atoms with Gasteiger partial charge in [0.15, 0.2) is 0 Å². The highest BCUT2D eigenvalue weighted by Gasteiger charge is 2.52. The largest absolute Gasteiger partial charge is 0.372 e. The Kier molecular flexibility index (Phi) is 4.42. The number of hydrogen-bond acceptors (Lipinski definition) is 2. The normalized spacial score (nSPS) is 14.9. The first-order chi connectivity index (χ1) is 13.1. The lowest BCUT2D eigenvalue weighted by molar-refractivity contribution is -0.118. The van der Waals surface area contributed by atoms with Crippen LogP contribution in [0.15, 0.2) is 48.7 Å². The lowest BCUT2D eigenvalue weighted by atomic mass is 9.94. The average molecular weight is 361 g/mol. The second-order valence-corrected chi connectivity index (χ2v) is 7.46. The summed E-state index contributed by atoms with van der Waals surface area (Å²) in [4.78, 5) is 18.8. The number of hydrogen-bond donors (Lipinski definition) is 2. The van der Waals surface area contributed by atoms with Crippen molar-refractivity contribution in [3.05, 3.63) is 59.8 Å². The predicted octanol–water partition coefficient (Wildman–Crippen LogP) is 4.99. The molecule has 1 amide bonds. The number of aromatic nitrogens is 1. The van der Waals surface area contributed by atoms with Gasteiger partial charge in [-0.25, -0.2) is 0 Å². The molecule has 1 saturated carbocycles. The molecule has 0 atom stereocenters. The summed E-state index contributed by atoms with van der Waals surface area (Å²) in [6, 6.07) is 14.5. The second-order valence-electron chi connectivity index (χ2n) is 7.46. The predicted molar refractivity (Wildman–Crippen MR) is 113 cm³/mol. The van der Waals surface area contributed by atoms with Crippen LogP contribution >= 0.6 is 0 Å². The molecule has 4 nitrogen and oxygen atoms in total. The molecule has 0 bridgehead atoms. The third kappa shape index (κ3) is 2.99. The van der Waals surface area contributed by atoms with Crippen LogP contribution < -0.4 is 10.2 Å². The molecular formula is C23H27N3O. The Hall–Kier alpha value is -2.75. The number of rotatable bonds is 6. The number of fused-ring (bicyclic) bond motifs is 1. The smallest absolute Gasteiger partial charge is 0.235 e. The number of aryl methyl sites for hydroxylation is 1. The van der Waals surface area contributed by atoms with E-state index in [0.717, 1.165) is 53.6 Å². The Labute approximate surface area is 160 Å². The molecule has 27 heavy (non-hydrogen) atoms. The number of carbonyl (C=O) groups is 1. The molecule has 3 aromatic rings. The van der Waals surface area contributed by atoms with Crippen LogP contribution in [0.2, 0.25) is 0 Å². The minimum absolute atomic E-state index is 0.103. The third-order valence-electron chi connectivity index (χ3n) is 5.88. The van der Waals surface area contributed by atoms with Crippen molar-refractivity contribution in [2.24, 2.45) is 0 Å². The number of carbonyl (C=O) groups excluding carboxylic acids is 1. The van der Waals surface area contributed by atoms with Crippen molar-refractivity contribution in [2.45, 2.75) is 39.0 Å². The third-order valence-corrected chi connectivity index (χ3v) is 5.88. The quantitative estimate of drug-likeness (QED) is 0.649. The summed E-state index contributed by atoms with van der Waals surface area (Å²) in [5.74, 6) is 0.103. The van der Waals surface area contributed by atoms with E-state index in [0.29, 0.717) is 0 Å². The molecular weight excluding hydrogens is 334 g/mol. The van der Waals surface area contributed by atoms with Crippen LogP contribution in [0.3, 0.4) is 0 Å². The van der Waals surface area contributed by atoms with Gasteiger partial charge in [0.1, 0.15) is 0 Å². The average Bonchev–Trinajstić information content (AvgIpc) is 3.37. The minimum Gasteiger partial charge on any atom is -0.372 e. The topological polar surface area (TPSA) is 48.1 Å². The number of nitrogens with one attached hydrogen (secondary N) is 2. The van der Waals surface area contributed by atoms with Gasteiger partial charge in [-0.3, -0.25) is 4.79 Å². The molecule has 0 aliphatic heterocycles. The van der Waals surface area contributed by atoms with E-state index in [1.807, 2.05) is 24.4 Å². The molecule has 1 fully saturated rings. The minimum atomic E-state index is -0.399. The Bertz CT molecular complexity index is 980. The molecule has 2 aromatic carbocycles. The summed E-state index contributed by atoms with van der Waals surface area (Å²) in [5.41, 5.74) is 5.01. The molecule has 0 spiro atoms. The van der Waals surface area contributed by atoms with Crippen molar-refractivity contribution < 1.29 is 4.79 Å². The molecule has 1 aromatic heterocycles.